The van der Waals surface area contributed by atoms with Crippen LogP contribution in [0.5, 0.6) is 11.5 Å². The van der Waals surface area contributed by atoms with Gasteiger partial charge in [-0.2, -0.15) is 10.4 Å². The lowest BCUT2D eigenvalue weighted by Gasteiger charge is -2.15. The zero-order chi connectivity index (χ0) is 22.9. The Morgan fingerprint density at radius 3 is 2.56 bits per heavy atom. The van der Waals surface area contributed by atoms with E-state index in [2.05, 4.69) is 32.5 Å². The summed E-state index contributed by atoms with van der Waals surface area (Å²) in [6.45, 7) is 3.10. The zero-order valence-corrected chi connectivity index (χ0v) is 20.3. The number of nitrogens with zero attached hydrogens (tertiary/aromatic N) is 2. The minimum Gasteiger partial charge on any atom is -0.490 e. The Balaban J connectivity index is 1.71. The minimum absolute atomic E-state index is 0.307. The van der Waals surface area contributed by atoms with Gasteiger partial charge in [-0.1, -0.05) is 41.4 Å². The van der Waals surface area contributed by atoms with Crippen molar-refractivity contribution in [1.82, 2.24) is 5.43 Å². The molecule has 32 heavy (non-hydrogen) atoms. The fourth-order valence-corrected chi connectivity index (χ4v) is 4.00. The first-order valence-corrected chi connectivity index (χ1v) is 11.3. The van der Waals surface area contributed by atoms with Crippen LogP contribution in [-0.4, -0.2) is 12.8 Å². The van der Waals surface area contributed by atoms with Crippen LogP contribution in [0, 0.1) is 11.3 Å². The summed E-state index contributed by atoms with van der Waals surface area (Å²) in [4.78, 5) is 0. The summed E-state index contributed by atoms with van der Waals surface area (Å²) in [6.07, 6.45) is 1.68. The molecule has 0 fully saturated rings. The lowest BCUT2D eigenvalue weighted by Crippen LogP contribution is -2.07. The fraction of sp³-hybridized carbons (Fsp3) is 0.167. The quantitative estimate of drug-likeness (QED) is 0.245. The average Bonchev–Trinajstić information content (AvgIpc) is 2.78. The Hall–Kier alpha value is -2.72. The molecule has 0 bridgehead atoms. The average molecular weight is 533 g/mol. The second kappa shape index (κ2) is 11.8. The third-order valence-electron chi connectivity index (χ3n) is 4.39. The van der Waals surface area contributed by atoms with Crippen LogP contribution < -0.4 is 14.9 Å². The molecule has 1 N–H and O–H groups in total. The van der Waals surface area contributed by atoms with Crippen molar-refractivity contribution in [3.63, 3.8) is 0 Å². The first-order chi connectivity index (χ1) is 15.5. The van der Waals surface area contributed by atoms with Gasteiger partial charge >= 0.3 is 0 Å². The van der Waals surface area contributed by atoms with E-state index in [0.29, 0.717) is 46.9 Å². The van der Waals surface area contributed by atoms with E-state index in [-0.39, 0.29) is 0 Å². The Labute approximate surface area is 205 Å². The highest BCUT2D eigenvalue weighted by Gasteiger charge is 2.12. The van der Waals surface area contributed by atoms with Gasteiger partial charge in [0.2, 0.25) is 0 Å². The first-order valence-electron chi connectivity index (χ1n) is 9.78. The Morgan fingerprint density at radius 2 is 1.84 bits per heavy atom. The number of rotatable bonds is 9. The molecular weight excluding hydrogens is 513 g/mol. The largest absolute Gasteiger partial charge is 0.490 e. The monoisotopic (exact) mass is 531 g/mol. The van der Waals surface area contributed by atoms with Gasteiger partial charge < -0.3 is 14.9 Å². The lowest BCUT2D eigenvalue weighted by atomic mass is 10.1. The molecule has 0 radical (unpaired) electrons. The number of benzene rings is 3. The van der Waals surface area contributed by atoms with Gasteiger partial charge in [-0.05, 0) is 70.4 Å². The zero-order valence-electron chi connectivity index (χ0n) is 17.2. The summed E-state index contributed by atoms with van der Waals surface area (Å²) < 4.78 is 12.5. The third-order valence-corrected chi connectivity index (χ3v) is 5.69. The first kappa shape index (κ1) is 23.9. The maximum Gasteiger partial charge on any atom is 0.175 e. The molecule has 0 amide bonds. The van der Waals surface area contributed by atoms with Crippen LogP contribution in [-0.2, 0) is 13.2 Å². The van der Waals surface area contributed by atoms with Crippen LogP contribution >= 0.6 is 39.1 Å². The molecule has 0 saturated heterocycles. The predicted octanol–water partition coefficient (Wildman–Crippen LogP) is 6.73. The molecule has 0 saturated carbocycles. The number of ether oxygens (including phenoxy) is 2. The van der Waals surface area contributed by atoms with Crippen LogP contribution in [0.25, 0.3) is 0 Å². The maximum atomic E-state index is 9.07. The molecule has 0 aliphatic carbocycles. The highest BCUT2D eigenvalue weighted by atomic mass is 79.9. The Kier molecular flexibility index (Phi) is 8.81. The van der Waals surface area contributed by atoms with E-state index >= 15 is 0 Å². The van der Waals surface area contributed by atoms with E-state index in [9.17, 15) is 0 Å². The molecule has 0 aromatic heterocycles. The van der Waals surface area contributed by atoms with Gasteiger partial charge in [0.05, 0.1) is 35.5 Å². The highest BCUT2D eigenvalue weighted by molar-refractivity contribution is 9.10. The summed E-state index contributed by atoms with van der Waals surface area (Å²) in [6, 6.07) is 18.5. The van der Waals surface area contributed by atoms with Crippen molar-refractivity contribution < 1.29 is 9.47 Å². The van der Waals surface area contributed by atoms with Crippen molar-refractivity contribution in [3.05, 3.63) is 91.4 Å². The number of halogens is 3. The van der Waals surface area contributed by atoms with Crippen molar-refractivity contribution in [2.24, 2.45) is 5.10 Å². The van der Waals surface area contributed by atoms with Gasteiger partial charge in [0.25, 0.3) is 0 Å². The highest BCUT2D eigenvalue weighted by Crippen LogP contribution is 2.37. The smallest absolute Gasteiger partial charge is 0.175 e. The number of nitrogens with one attached hydrogen (secondary N) is 1. The molecule has 5 nitrogen and oxygen atoms in total. The van der Waals surface area contributed by atoms with Gasteiger partial charge in [0, 0.05) is 15.6 Å². The third kappa shape index (κ3) is 6.39. The fourth-order valence-electron chi connectivity index (χ4n) is 2.90. The number of nitriles is 1. The Bertz CT molecular complexity index is 1140. The second-order valence-electron chi connectivity index (χ2n) is 6.66. The van der Waals surface area contributed by atoms with E-state index in [1.807, 2.05) is 31.2 Å². The number of hydrazone groups is 1. The van der Waals surface area contributed by atoms with E-state index in [0.717, 1.165) is 21.2 Å². The van der Waals surface area contributed by atoms with Gasteiger partial charge in [-0.15, -0.1) is 0 Å². The van der Waals surface area contributed by atoms with E-state index in [1.165, 1.54) is 0 Å². The van der Waals surface area contributed by atoms with Crippen molar-refractivity contribution in [2.45, 2.75) is 20.1 Å². The summed E-state index contributed by atoms with van der Waals surface area (Å²) >= 11 is 15.9. The summed E-state index contributed by atoms with van der Waals surface area (Å²) in [5, 5.41) is 14.5. The molecular formula is C24H20BrCl2N3O2. The van der Waals surface area contributed by atoms with Gasteiger partial charge in [-0.3, -0.25) is 0 Å². The van der Waals surface area contributed by atoms with Crippen LogP contribution in [0.3, 0.4) is 0 Å². The molecule has 0 unspecified atom stereocenters. The molecule has 3 rings (SSSR count). The van der Waals surface area contributed by atoms with Crippen LogP contribution in [0.1, 0.15) is 29.2 Å². The second-order valence-corrected chi connectivity index (χ2v) is 8.33. The minimum atomic E-state index is 0.307. The lowest BCUT2D eigenvalue weighted by molar-refractivity contribution is 0.267. The molecule has 0 heterocycles. The number of hydrogen-bond acceptors (Lipinski definition) is 5. The van der Waals surface area contributed by atoms with Crippen LogP contribution in [0.15, 0.2) is 64.2 Å². The molecule has 0 aliphatic heterocycles. The van der Waals surface area contributed by atoms with Crippen molar-refractivity contribution >= 4 is 45.3 Å². The SMILES string of the molecule is CCOc1cc(/C=N/NCc2c(Cl)cccc2Cl)cc(Br)c1OCc1cccc(C#N)c1. The summed E-state index contributed by atoms with van der Waals surface area (Å²) in [5.74, 6) is 1.18. The normalized spacial score (nSPS) is 10.7. The molecule has 0 atom stereocenters. The number of hydrogen-bond donors (Lipinski definition) is 1. The Morgan fingerprint density at radius 1 is 1.09 bits per heavy atom. The van der Waals surface area contributed by atoms with E-state index in [1.54, 1.807) is 36.5 Å². The van der Waals surface area contributed by atoms with Crippen LogP contribution in [0.4, 0.5) is 0 Å². The van der Waals surface area contributed by atoms with Gasteiger partial charge in [0.15, 0.2) is 11.5 Å². The van der Waals surface area contributed by atoms with Crippen molar-refractivity contribution in [3.8, 4) is 17.6 Å². The van der Waals surface area contributed by atoms with Crippen LogP contribution in [0.2, 0.25) is 10.0 Å². The van der Waals surface area contributed by atoms with Gasteiger partial charge in [0.1, 0.15) is 6.61 Å². The molecule has 3 aromatic carbocycles. The topological polar surface area (TPSA) is 66.6 Å². The molecule has 8 heteroatoms. The standard InChI is InChI=1S/C24H20BrCl2N3O2/c1-2-31-23-11-18(13-29-30-14-19-21(26)7-4-8-22(19)27)10-20(25)24(23)32-15-17-6-3-5-16(9-17)12-28/h3-11,13,30H,2,14-15H2,1H3/b29-13+. The van der Waals surface area contributed by atoms with Crippen molar-refractivity contribution in [1.29, 1.82) is 5.26 Å². The summed E-state index contributed by atoms with van der Waals surface area (Å²) in [5.41, 5.74) is 6.05. The maximum absolute atomic E-state index is 9.07. The molecule has 3 aromatic rings. The van der Waals surface area contributed by atoms with Crippen molar-refractivity contribution in [2.75, 3.05) is 6.61 Å². The summed E-state index contributed by atoms with van der Waals surface area (Å²) in [7, 11) is 0. The molecule has 0 aliphatic rings. The predicted molar refractivity (Wildman–Crippen MR) is 132 cm³/mol. The van der Waals surface area contributed by atoms with Gasteiger partial charge in [-0.25, -0.2) is 0 Å². The molecule has 0 spiro atoms. The van der Waals surface area contributed by atoms with E-state index in [4.69, 9.17) is 37.9 Å². The molecule has 164 valence electrons. The van der Waals surface area contributed by atoms with E-state index < -0.39 is 0 Å².